The van der Waals surface area contributed by atoms with Gasteiger partial charge in [0.05, 0.1) is 0 Å². The average Bonchev–Trinajstić information content (AvgIpc) is 3.29. The van der Waals surface area contributed by atoms with Crippen LogP contribution < -0.4 is 10.2 Å². The van der Waals surface area contributed by atoms with E-state index in [1.807, 2.05) is 12.1 Å². The first kappa shape index (κ1) is 20.4. The van der Waals surface area contributed by atoms with E-state index in [4.69, 9.17) is 0 Å². The molecule has 3 aliphatic rings. The molecule has 1 aromatic rings. The van der Waals surface area contributed by atoms with Crippen molar-refractivity contribution < 1.29 is 9.18 Å². The van der Waals surface area contributed by atoms with Crippen LogP contribution in [-0.4, -0.2) is 49.6 Å². The third-order valence-electron chi connectivity index (χ3n) is 6.93. The van der Waals surface area contributed by atoms with Crippen molar-refractivity contribution in [2.24, 2.45) is 5.92 Å². The molecule has 1 saturated heterocycles. The number of carbonyl (C=O) groups excluding carboxylic acids is 1. The molecule has 1 amide bonds. The Bertz CT molecular complexity index is 701. The van der Waals surface area contributed by atoms with Gasteiger partial charge < -0.3 is 10.2 Å². The lowest BCUT2D eigenvalue weighted by Gasteiger charge is -2.37. The number of benzene rings is 1. The summed E-state index contributed by atoms with van der Waals surface area (Å²) in [5, 5.41) is 3.26. The molecule has 0 spiro atoms. The number of anilines is 1. The molecule has 29 heavy (non-hydrogen) atoms. The van der Waals surface area contributed by atoms with Crippen molar-refractivity contribution in [2.75, 3.05) is 37.6 Å². The summed E-state index contributed by atoms with van der Waals surface area (Å²) < 4.78 is 13.1. The summed E-state index contributed by atoms with van der Waals surface area (Å²) in [4.78, 5) is 17.2. The number of carbonyl (C=O) groups is 1. The minimum atomic E-state index is -0.169. The number of rotatable bonds is 6. The summed E-state index contributed by atoms with van der Waals surface area (Å²) in [6.07, 6.45) is 11.2. The molecule has 0 radical (unpaired) electrons. The second-order valence-corrected chi connectivity index (χ2v) is 8.91. The first-order valence-corrected chi connectivity index (χ1v) is 11.4. The third-order valence-corrected chi connectivity index (χ3v) is 6.93. The van der Waals surface area contributed by atoms with Gasteiger partial charge >= 0.3 is 0 Å². The number of hydrogen-bond acceptors (Lipinski definition) is 3. The number of halogens is 1. The molecule has 0 unspecified atom stereocenters. The zero-order valence-corrected chi connectivity index (χ0v) is 17.4. The van der Waals surface area contributed by atoms with Crippen LogP contribution >= 0.6 is 0 Å². The quantitative estimate of drug-likeness (QED) is 0.782. The van der Waals surface area contributed by atoms with Gasteiger partial charge in [-0.3, -0.25) is 9.69 Å². The molecule has 2 fully saturated rings. The topological polar surface area (TPSA) is 35.6 Å². The number of piperazine rings is 1. The highest BCUT2D eigenvalue weighted by Gasteiger charge is 2.25. The van der Waals surface area contributed by atoms with Crippen LogP contribution in [0.5, 0.6) is 0 Å². The maximum Gasteiger partial charge on any atom is 0.247 e. The highest BCUT2D eigenvalue weighted by molar-refractivity contribution is 5.93. The first-order valence-electron chi connectivity index (χ1n) is 11.4. The summed E-state index contributed by atoms with van der Waals surface area (Å²) in [7, 11) is 0. The first-order chi connectivity index (χ1) is 14.2. The lowest BCUT2D eigenvalue weighted by molar-refractivity contribution is -0.118. The van der Waals surface area contributed by atoms with Crippen molar-refractivity contribution in [2.45, 2.75) is 57.4 Å². The molecular weight excluding hydrogens is 365 g/mol. The number of hydrogen-bond donors (Lipinski definition) is 1. The van der Waals surface area contributed by atoms with Crippen molar-refractivity contribution in [1.82, 2.24) is 10.2 Å². The van der Waals surface area contributed by atoms with Crippen LogP contribution in [0.3, 0.4) is 0 Å². The van der Waals surface area contributed by atoms with Crippen LogP contribution in [-0.2, 0) is 4.79 Å². The normalized spacial score (nSPS) is 25.7. The van der Waals surface area contributed by atoms with Crippen LogP contribution in [0.1, 0.15) is 51.4 Å². The second-order valence-electron chi connectivity index (χ2n) is 8.91. The summed E-state index contributed by atoms with van der Waals surface area (Å²) in [6, 6.07) is 7.23. The van der Waals surface area contributed by atoms with Gasteiger partial charge in [-0.05, 0) is 88.1 Å². The Balaban J connectivity index is 1.12. The van der Waals surface area contributed by atoms with Gasteiger partial charge in [0.2, 0.25) is 5.91 Å². The number of nitrogens with one attached hydrogen (secondary N) is 1. The molecule has 0 atom stereocenters. The number of amides is 1. The van der Waals surface area contributed by atoms with E-state index in [1.54, 1.807) is 12.1 Å². The average molecular weight is 400 g/mol. The van der Waals surface area contributed by atoms with E-state index >= 15 is 0 Å². The van der Waals surface area contributed by atoms with Crippen molar-refractivity contribution in [1.29, 1.82) is 0 Å². The van der Waals surface area contributed by atoms with Crippen LogP contribution in [0, 0.1) is 11.7 Å². The fourth-order valence-corrected chi connectivity index (χ4v) is 5.00. The molecule has 1 aromatic carbocycles. The predicted octanol–water partition coefficient (Wildman–Crippen LogP) is 4.12. The predicted molar refractivity (Wildman–Crippen MR) is 115 cm³/mol. The van der Waals surface area contributed by atoms with E-state index < -0.39 is 0 Å². The highest BCUT2D eigenvalue weighted by atomic mass is 19.1. The number of allylic oxidation sites excluding steroid dienone is 1. The largest absolute Gasteiger partial charge is 0.369 e. The maximum absolute atomic E-state index is 13.1. The zero-order valence-electron chi connectivity index (χ0n) is 17.4. The van der Waals surface area contributed by atoms with E-state index in [2.05, 4.69) is 21.2 Å². The van der Waals surface area contributed by atoms with Gasteiger partial charge in [0, 0.05) is 43.5 Å². The maximum atomic E-state index is 13.1. The van der Waals surface area contributed by atoms with Gasteiger partial charge in [-0.25, -0.2) is 4.39 Å². The minimum Gasteiger partial charge on any atom is -0.369 e. The molecule has 1 N–H and O–H groups in total. The fourth-order valence-electron chi connectivity index (χ4n) is 5.00. The smallest absolute Gasteiger partial charge is 0.247 e. The van der Waals surface area contributed by atoms with E-state index in [9.17, 15) is 9.18 Å². The van der Waals surface area contributed by atoms with E-state index in [1.165, 1.54) is 25.8 Å². The monoisotopic (exact) mass is 399 g/mol. The summed E-state index contributed by atoms with van der Waals surface area (Å²) >= 11 is 0. The van der Waals surface area contributed by atoms with Crippen molar-refractivity contribution >= 4 is 11.6 Å². The highest BCUT2D eigenvalue weighted by Crippen LogP contribution is 2.28. The van der Waals surface area contributed by atoms with E-state index in [-0.39, 0.29) is 11.7 Å². The van der Waals surface area contributed by atoms with Gasteiger partial charge in [-0.1, -0.05) is 6.08 Å². The summed E-state index contributed by atoms with van der Waals surface area (Å²) in [5.41, 5.74) is 2.13. The van der Waals surface area contributed by atoms with Crippen LogP contribution in [0.2, 0.25) is 0 Å². The third kappa shape index (κ3) is 5.59. The Morgan fingerprint density at radius 2 is 1.76 bits per heavy atom. The van der Waals surface area contributed by atoms with Crippen LogP contribution in [0.15, 0.2) is 35.9 Å². The van der Waals surface area contributed by atoms with Gasteiger partial charge in [0.25, 0.3) is 0 Å². The molecule has 2 aliphatic carbocycles. The molecule has 4 rings (SSSR count). The van der Waals surface area contributed by atoms with Gasteiger partial charge in [-0.2, -0.15) is 0 Å². The van der Waals surface area contributed by atoms with E-state index in [0.29, 0.717) is 6.04 Å². The summed E-state index contributed by atoms with van der Waals surface area (Å²) in [6.45, 7) is 5.36. The van der Waals surface area contributed by atoms with Gasteiger partial charge in [0.15, 0.2) is 0 Å². The number of nitrogens with zero attached hydrogens (tertiary/aromatic N) is 2. The SMILES string of the molecule is O=C(N[C@H]1CC[C@H](CCN2CCN(c3ccc(F)cc3)CC2)CC1)C1=CCCC1. The lowest BCUT2D eigenvalue weighted by atomic mass is 9.84. The summed E-state index contributed by atoms with van der Waals surface area (Å²) in [5.74, 6) is 0.811. The van der Waals surface area contributed by atoms with Crippen molar-refractivity contribution in [3.05, 3.63) is 41.7 Å². The Kier molecular flexibility index (Phi) is 6.86. The molecule has 1 heterocycles. The second kappa shape index (κ2) is 9.75. The Hall–Kier alpha value is -1.88. The molecular formula is C24H34FN3O. The minimum absolute atomic E-state index is 0.169. The molecule has 4 nitrogen and oxygen atoms in total. The van der Waals surface area contributed by atoms with E-state index in [0.717, 1.165) is 75.5 Å². The molecule has 1 saturated carbocycles. The Morgan fingerprint density at radius 1 is 1.03 bits per heavy atom. The standard InChI is InChI=1S/C24H34FN3O/c25-21-7-11-23(12-8-21)28-17-15-27(16-18-28)14-13-19-5-9-22(10-6-19)26-24(29)20-3-1-2-4-20/h3,7-8,11-12,19,22H,1-2,4-6,9-10,13-18H2,(H,26,29)/t19-,22-. The fraction of sp³-hybridized carbons (Fsp3) is 0.625. The zero-order chi connectivity index (χ0) is 20.1. The molecule has 1 aliphatic heterocycles. The Morgan fingerprint density at radius 3 is 2.41 bits per heavy atom. The van der Waals surface area contributed by atoms with Crippen LogP contribution in [0.25, 0.3) is 0 Å². The van der Waals surface area contributed by atoms with Crippen LogP contribution in [0.4, 0.5) is 10.1 Å². The van der Waals surface area contributed by atoms with Gasteiger partial charge in [0.1, 0.15) is 5.82 Å². The molecule has 158 valence electrons. The molecule has 0 aromatic heterocycles. The Labute approximate surface area is 174 Å². The lowest BCUT2D eigenvalue weighted by Crippen LogP contribution is -2.47. The molecule has 5 heteroatoms. The van der Waals surface area contributed by atoms with Gasteiger partial charge in [-0.15, -0.1) is 0 Å². The van der Waals surface area contributed by atoms with Crippen molar-refractivity contribution in [3.63, 3.8) is 0 Å². The molecule has 0 bridgehead atoms. The van der Waals surface area contributed by atoms with Crippen molar-refractivity contribution in [3.8, 4) is 0 Å².